The Bertz CT molecular complexity index is 412. The van der Waals surface area contributed by atoms with Gasteiger partial charge in [0.05, 0.1) is 10.9 Å². The van der Waals surface area contributed by atoms with Gasteiger partial charge in [0.2, 0.25) is 0 Å². The Morgan fingerprint density at radius 2 is 2.21 bits per heavy atom. The predicted octanol–water partition coefficient (Wildman–Crippen LogP) is 2.17. The lowest BCUT2D eigenvalue weighted by Crippen LogP contribution is -2.21. The van der Waals surface area contributed by atoms with Gasteiger partial charge in [-0.25, -0.2) is 8.99 Å². The van der Waals surface area contributed by atoms with Crippen LogP contribution in [0.25, 0.3) is 0 Å². The van der Waals surface area contributed by atoms with Gasteiger partial charge in [0, 0.05) is 12.4 Å². The van der Waals surface area contributed by atoms with Crippen molar-refractivity contribution in [1.29, 1.82) is 4.78 Å². The molecule has 0 aromatic carbocycles. The maximum absolute atomic E-state index is 11.7. The van der Waals surface area contributed by atoms with Crippen molar-refractivity contribution in [3.05, 3.63) is 24.0 Å². The van der Waals surface area contributed by atoms with Gasteiger partial charge in [-0.1, -0.05) is 0 Å². The number of anilines is 1. The molecule has 1 atom stereocenters. The minimum absolute atomic E-state index is 0.213. The van der Waals surface area contributed by atoms with Crippen LogP contribution in [0, 0.1) is 11.7 Å². The molecule has 0 spiro atoms. The van der Waals surface area contributed by atoms with Crippen LogP contribution < -0.4 is 4.72 Å². The van der Waals surface area contributed by atoms with Crippen LogP contribution in [0.2, 0.25) is 0 Å². The van der Waals surface area contributed by atoms with Crippen molar-refractivity contribution in [2.24, 2.45) is 0 Å². The number of aryl methyl sites for hydroxylation is 1. The van der Waals surface area contributed by atoms with E-state index in [-0.39, 0.29) is 5.25 Å². The highest BCUT2D eigenvalue weighted by molar-refractivity contribution is 7.94. The van der Waals surface area contributed by atoms with Crippen LogP contribution in [-0.2, 0) is 9.92 Å². The minimum atomic E-state index is -2.75. The third-order valence-electron chi connectivity index (χ3n) is 1.95. The first-order valence-corrected chi connectivity index (χ1v) is 6.01. The molecule has 0 saturated carbocycles. The van der Waals surface area contributed by atoms with Crippen LogP contribution in [0.15, 0.2) is 18.5 Å². The van der Waals surface area contributed by atoms with E-state index in [1.165, 1.54) is 0 Å². The van der Waals surface area contributed by atoms with Gasteiger partial charge in [0.1, 0.15) is 9.92 Å². The molecule has 0 bridgehead atoms. The van der Waals surface area contributed by atoms with Crippen molar-refractivity contribution < 1.29 is 4.21 Å². The van der Waals surface area contributed by atoms with Gasteiger partial charge in [-0.05, 0) is 32.4 Å². The van der Waals surface area contributed by atoms with Crippen LogP contribution in [0.1, 0.15) is 19.4 Å². The van der Waals surface area contributed by atoms with E-state index < -0.39 is 9.92 Å². The van der Waals surface area contributed by atoms with Crippen molar-refractivity contribution in [3.63, 3.8) is 0 Å². The molecule has 1 aromatic rings. The molecule has 78 valence electrons. The summed E-state index contributed by atoms with van der Waals surface area (Å²) in [6.07, 6.45) is 3.30. The van der Waals surface area contributed by atoms with Gasteiger partial charge < -0.3 is 0 Å². The number of hydrogen-bond acceptors (Lipinski definition) is 3. The Kier molecular flexibility index (Phi) is 3.10. The van der Waals surface area contributed by atoms with E-state index in [4.69, 9.17) is 4.78 Å². The zero-order chi connectivity index (χ0) is 10.8. The maximum atomic E-state index is 11.7. The first kappa shape index (κ1) is 11.0. The summed E-state index contributed by atoms with van der Waals surface area (Å²) in [5.74, 6) is 0. The third-order valence-corrected chi connectivity index (χ3v) is 3.80. The van der Waals surface area contributed by atoms with Gasteiger partial charge in [0.15, 0.2) is 0 Å². The minimum Gasteiger partial charge on any atom is -0.299 e. The number of rotatable bonds is 3. The normalized spacial score (nSPS) is 15.1. The fourth-order valence-electron chi connectivity index (χ4n) is 0.869. The topological polar surface area (TPSA) is 65.8 Å². The fraction of sp³-hybridized carbons (Fsp3) is 0.444. The van der Waals surface area contributed by atoms with Crippen LogP contribution in [0.4, 0.5) is 5.69 Å². The van der Waals surface area contributed by atoms with E-state index in [2.05, 4.69) is 9.71 Å². The monoisotopic (exact) mass is 213 g/mol. The fourth-order valence-corrected chi connectivity index (χ4v) is 1.66. The van der Waals surface area contributed by atoms with Gasteiger partial charge in [-0.15, -0.1) is 0 Å². The van der Waals surface area contributed by atoms with Crippen molar-refractivity contribution >= 4 is 15.6 Å². The summed E-state index contributed by atoms with van der Waals surface area (Å²) < 4.78 is 22.1. The molecule has 1 rings (SSSR count). The lowest BCUT2D eigenvalue weighted by Gasteiger charge is -2.15. The largest absolute Gasteiger partial charge is 0.299 e. The Hall–Kier alpha value is -1.10. The molecule has 0 aliphatic rings. The average Bonchev–Trinajstić information content (AvgIpc) is 2.08. The molecule has 0 aliphatic carbocycles. The molecular formula is C9H15N3OS. The van der Waals surface area contributed by atoms with E-state index in [9.17, 15) is 4.21 Å². The summed E-state index contributed by atoms with van der Waals surface area (Å²) >= 11 is 0. The molecule has 0 aliphatic heterocycles. The second-order valence-electron chi connectivity index (χ2n) is 3.44. The maximum Gasteiger partial charge on any atom is 0.129 e. The summed E-state index contributed by atoms with van der Waals surface area (Å²) in [6, 6.07) is 1.73. The first-order valence-electron chi connectivity index (χ1n) is 4.39. The van der Waals surface area contributed by atoms with E-state index in [0.29, 0.717) is 5.69 Å². The van der Waals surface area contributed by atoms with E-state index in [1.807, 2.05) is 6.92 Å². The lowest BCUT2D eigenvalue weighted by atomic mass is 10.3. The number of aromatic nitrogens is 1. The summed E-state index contributed by atoms with van der Waals surface area (Å²) in [5, 5.41) is -0.213. The highest BCUT2D eigenvalue weighted by Gasteiger charge is 2.12. The number of nitrogens with zero attached hydrogens (tertiary/aromatic N) is 1. The Morgan fingerprint density at radius 3 is 2.71 bits per heavy atom. The molecule has 0 fully saturated rings. The molecule has 4 nitrogen and oxygen atoms in total. The quantitative estimate of drug-likeness (QED) is 0.808. The van der Waals surface area contributed by atoms with Gasteiger partial charge in [-0.3, -0.25) is 9.71 Å². The van der Waals surface area contributed by atoms with Crippen LogP contribution in [-0.4, -0.2) is 14.4 Å². The number of pyridine rings is 1. The Morgan fingerprint density at radius 1 is 1.57 bits per heavy atom. The zero-order valence-corrected chi connectivity index (χ0v) is 9.39. The summed E-state index contributed by atoms with van der Waals surface area (Å²) in [7, 11) is -2.75. The highest BCUT2D eigenvalue weighted by atomic mass is 32.2. The molecular weight excluding hydrogens is 198 g/mol. The standard InChI is InChI=1S/C9H15N3OS/c1-7(2)14(10,13)12-9-4-5-11-6-8(9)3/h4-7H,1-3H3,(H2,10,11,12,13). The average molecular weight is 213 g/mol. The molecule has 1 unspecified atom stereocenters. The Balaban J connectivity index is 2.96. The van der Waals surface area contributed by atoms with Gasteiger partial charge >= 0.3 is 0 Å². The van der Waals surface area contributed by atoms with Crippen molar-refractivity contribution in [1.82, 2.24) is 4.98 Å². The molecule has 0 radical (unpaired) electrons. The third kappa shape index (κ3) is 2.45. The summed E-state index contributed by atoms with van der Waals surface area (Å²) in [5.41, 5.74) is 1.61. The SMILES string of the molecule is Cc1cnccc1NS(=N)(=O)C(C)C. The van der Waals surface area contributed by atoms with Crippen LogP contribution in [0.5, 0.6) is 0 Å². The highest BCUT2D eigenvalue weighted by Crippen LogP contribution is 2.15. The summed E-state index contributed by atoms with van der Waals surface area (Å²) in [4.78, 5) is 3.93. The second kappa shape index (κ2) is 3.96. The summed E-state index contributed by atoms with van der Waals surface area (Å²) in [6.45, 7) is 5.39. The van der Waals surface area contributed by atoms with Gasteiger partial charge in [-0.2, -0.15) is 0 Å². The van der Waals surface area contributed by atoms with Crippen molar-refractivity contribution in [3.8, 4) is 0 Å². The number of nitrogens with one attached hydrogen (secondary N) is 2. The molecule has 2 N–H and O–H groups in total. The second-order valence-corrected chi connectivity index (χ2v) is 5.79. The van der Waals surface area contributed by atoms with E-state index >= 15 is 0 Å². The zero-order valence-electron chi connectivity index (χ0n) is 8.57. The molecule has 0 amide bonds. The number of hydrogen-bond donors (Lipinski definition) is 2. The lowest BCUT2D eigenvalue weighted by molar-refractivity contribution is 0.671. The van der Waals surface area contributed by atoms with Gasteiger partial charge in [0.25, 0.3) is 0 Å². The smallest absolute Gasteiger partial charge is 0.129 e. The van der Waals surface area contributed by atoms with Crippen LogP contribution in [0.3, 0.4) is 0 Å². The molecule has 14 heavy (non-hydrogen) atoms. The van der Waals surface area contributed by atoms with E-state index in [1.54, 1.807) is 32.3 Å². The molecule has 1 heterocycles. The van der Waals surface area contributed by atoms with Crippen LogP contribution >= 0.6 is 0 Å². The Labute approximate surface area is 84.9 Å². The predicted molar refractivity (Wildman–Crippen MR) is 58.6 cm³/mol. The van der Waals surface area contributed by atoms with Crippen molar-refractivity contribution in [2.45, 2.75) is 26.0 Å². The molecule has 0 saturated heterocycles. The first-order chi connectivity index (χ1) is 6.43. The van der Waals surface area contributed by atoms with E-state index in [0.717, 1.165) is 5.56 Å². The molecule has 1 aromatic heterocycles. The molecule has 5 heteroatoms. The van der Waals surface area contributed by atoms with Crippen molar-refractivity contribution in [2.75, 3.05) is 4.72 Å².